The van der Waals surface area contributed by atoms with Crippen LogP contribution in [0.5, 0.6) is 0 Å². The van der Waals surface area contributed by atoms with Gasteiger partial charge in [0.15, 0.2) is 6.54 Å². The van der Waals surface area contributed by atoms with Gasteiger partial charge in [-0.2, -0.15) is 0 Å². The minimum absolute atomic E-state index is 0.115. The second-order valence-electron chi connectivity index (χ2n) is 6.34. The van der Waals surface area contributed by atoms with Crippen molar-refractivity contribution in [2.24, 2.45) is 5.92 Å². The zero-order valence-corrected chi connectivity index (χ0v) is 13.6. The summed E-state index contributed by atoms with van der Waals surface area (Å²) in [5.41, 5.74) is 0. The highest BCUT2D eigenvalue weighted by molar-refractivity contribution is 7.09. The Morgan fingerprint density at radius 3 is 2.64 bits per heavy atom. The number of nitrogens with one attached hydrogen (secondary N) is 3. The van der Waals surface area contributed by atoms with Crippen LogP contribution in [-0.2, 0) is 16.1 Å². The molecule has 0 unspecified atom stereocenters. The third kappa shape index (κ3) is 4.55. The van der Waals surface area contributed by atoms with Gasteiger partial charge in [0.1, 0.15) is 0 Å². The van der Waals surface area contributed by atoms with Gasteiger partial charge in [-0.3, -0.25) is 9.59 Å². The Labute approximate surface area is 135 Å². The topological polar surface area (TPSA) is 62.6 Å². The van der Waals surface area contributed by atoms with Gasteiger partial charge in [-0.05, 0) is 24.3 Å². The van der Waals surface area contributed by atoms with E-state index < -0.39 is 0 Å². The summed E-state index contributed by atoms with van der Waals surface area (Å²) in [5, 5.41) is 8.15. The Balaban J connectivity index is 1.32. The average Bonchev–Trinajstić information content (AvgIpc) is 3.24. The molecule has 1 saturated heterocycles. The van der Waals surface area contributed by atoms with Crippen LogP contribution in [0.2, 0.25) is 0 Å². The van der Waals surface area contributed by atoms with Crippen LogP contribution in [0, 0.1) is 5.92 Å². The van der Waals surface area contributed by atoms with Crippen molar-refractivity contribution < 1.29 is 14.5 Å². The summed E-state index contributed by atoms with van der Waals surface area (Å²) >= 11 is 1.66. The fourth-order valence-electron chi connectivity index (χ4n) is 2.90. The molecule has 1 aromatic rings. The van der Waals surface area contributed by atoms with Crippen molar-refractivity contribution in [1.29, 1.82) is 0 Å². The molecule has 0 bridgehead atoms. The van der Waals surface area contributed by atoms with Crippen LogP contribution in [0.15, 0.2) is 17.5 Å². The molecule has 1 saturated carbocycles. The number of likely N-dealkylation sites (tertiary alicyclic amines) is 1. The molecule has 5 nitrogen and oxygen atoms in total. The lowest BCUT2D eigenvalue weighted by Crippen LogP contribution is -3.14. The van der Waals surface area contributed by atoms with Crippen LogP contribution >= 0.6 is 11.3 Å². The molecule has 120 valence electrons. The van der Waals surface area contributed by atoms with Crippen LogP contribution in [0.3, 0.4) is 0 Å². The third-order valence-electron chi connectivity index (χ3n) is 4.44. The van der Waals surface area contributed by atoms with E-state index in [1.165, 1.54) is 9.78 Å². The molecular weight excluding hydrogens is 298 g/mol. The summed E-state index contributed by atoms with van der Waals surface area (Å²) in [6, 6.07) is 4.34. The van der Waals surface area contributed by atoms with Crippen LogP contribution in [0.1, 0.15) is 30.6 Å². The summed E-state index contributed by atoms with van der Waals surface area (Å²) in [6.45, 7) is 3.09. The molecule has 1 aliphatic heterocycles. The number of piperidine rings is 1. The van der Waals surface area contributed by atoms with Crippen molar-refractivity contribution in [3.63, 3.8) is 0 Å². The zero-order chi connectivity index (χ0) is 15.4. The Bertz CT molecular complexity index is 505. The van der Waals surface area contributed by atoms with E-state index in [9.17, 15) is 9.59 Å². The number of hydrogen-bond acceptors (Lipinski definition) is 3. The Hall–Kier alpha value is -1.40. The molecule has 0 spiro atoms. The van der Waals surface area contributed by atoms with Crippen LogP contribution in [0.4, 0.5) is 0 Å². The Kier molecular flexibility index (Phi) is 5.10. The van der Waals surface area contributed by atoms with Crippen LogP contribution in [0.25, 0.3) is 0 Å². The van der Waals surface area contributed by atoms with Gasteiger partial charge in [0.25, 0.3) is 5.91 Å². The average molecular weight is 322 g/mol. The molecule has 2 heterocycles. The first-order valence-electron chi connectivity index (χ1n) is 8.14. The number of hydrogen-bond donors (Lipinski definition) is 3. The number of quaternary nitrogens is 1. The van der Waals surface area contributed by atoms with E-state index in [1.807, 2.05) is 17.5 Å². The summed E-state index contributed by atoms with van der Waals surface area (Å²) in [5.74, 6) is 0.638. The number of rotatable bonds is 6. The number of amides is 2. The van der Waals surface area contributed by atoms with E-state index in [0.29, 0.717) is 19.1 Å². The van der Waals surface area contributed by atoms with Crippen molar-refractivity contribution in [2.75, 3.05) is 19.6 Å². The van der Waals surface area contributed by atoms with Gasteiger partial charge >= 0.3 is 0 Å². The van der Waals surface area contributed by atoms with Crippen molar-refractivity contribution in [2.45, 2.75) is 38.3 Å². The van der Waals surface area contributed by atoms with Gasteiger partial charge in [-0.15, -0.1) is 11.3 Å². The molecule has 1 aliphatic carbocycles. The first kappa shape index (κ1) is 15.5. The first-order chi connectivity index (χ1) is 10.7. The van der Waals surface area contributed by atoms with Crippen molar-refractivity contribution in [1.82, 2.24) is 10.6 Å². The molecular formula is C16H24N3O2S+. The summed E-state index contributed by atoms with van der Waals surface area (Å²) in [6.07, 6.45) is 4.07. The predicted molar refractivity (Wildman–Crippen MR) is 85.6 cm³/mol. The number of carbonyl (C=O) groups excluding carboxylic acids is 2. The largest absolute Gasteiger partial charge is 0.353 e. The summed E-state index contributed by atoms with van der Waals surface area (Å²) in [4.78, 5) is 26.2. The summed E-state index contributed by atoms with van der Waals surface area (Å²) < 4.78 is 0. The molecule has 1 aromatic heterocycles. The second-order valence-corrected chi connectivity index (χ2v) is 7.37. The SMILES string of the molecule is O=C(C[NH+]1CCC(NC(=O)C2CC2)CC1)NCc1cccs1. The highest BCUT2D eigenvalue weighted by atomic mass is 32.1. The van der Waals surface area contributed by atoms with Gasteiger partial charge in [-0.1, -0.05) is 6.07 Å². The van der Waals surface area contributed by atoms with E-state index in [4.69, 9.17) is 0 Å². The molecule has 3 rings (SSSR count). The zero-order valence-electron chi connectivity index (χ0n) is 12.8. The van der Waals surface area contributed by atoms with Gasteiger partial charge in [-0.25, -0.2) is 0 Å². The standard InChI is InChI=1S/C16H23N3O2S/c20-15(17-10-14-2-1-9-22-14)11-19-7-5-13(6-8-19)18-16(21)12-3-4-12/h1-2,9,12-13H,3-8,10-11H2,(H,17,20)(H,18,21)/p+1. The fraction of sp³-hybridized carbons (Fsp3) is 0.625. The number of carbonyl (C=O) groups is 2. The molecule has 2 aliphatic rings. The first-order valence-corrected chi connectivity index (χ1v) is 9.01. The minimum atomic E-state index is 0.115. The fourth-order valence-corrected chi connectivity index (χ4v) is 3.54. The maximum atomic E-state index is 12.0. The van der Waals surface area contributed by atoms with E-state index in [-0.39, 0.29) is 17.7 Å². The van der Waals surface area contributed by atoms with Crippen molar-refractivity contribution in [3.05, 3.63) is 22.4 Å². The Morgan fingerprint density at radius 1 is 1.23 bits per heavy atom. The lowest BCUT2D eigenvalue weighted by molar-refractivity contribution is -0.897. The van der Waals surface area contributed by atoms with Gasteiger partial charge in [0.2, 0.25) is 5.91 Å². The molecule has 22 heavy (non-hydrogen) atoms. The second kappa shape index (κ2) is 7.24. The molecule has 6 heteroatoms. The molecule has 0 atom stereocenters. The van der Waals surface area contributed by atoms with Crippen LogP contribution < -0.4 is 15.5 Å². The maximum Gasteiger partial charge on any atom is 0.275 e. The highest BCUT2D eigenvalue weighted by Gasteiger charge is 2.32. The van der Waals surface area contributed by atoms with E-state index in [2.05, 4.69) is 10.6 Å². The van der Waals surface area contributed by atoms with Crippen molar-refractivity contribution in [3.8, 4) is 0 Å². The van der Waals surface area contributed by atoms with Gasteiger partial charge in [0.05, 0.1) is 19.6 Å². The minimum Gasteiger partial charge on any atom is -0.353 e. The molecule has 3 N–H and O–H groups in total. The van der Waals surface area contributed by atoms with E-state index in [1.54, 1.807) is 11.3 Å². The maximum absolute atomic E-state index is 12.0. The molecule has 0 aromatic carbocycles. The highest BCUT2D eigenvalue weighted by Crippen LogP contribution is 2.29. The van der Waals surface area contributed by atoms with Crippen molar-refractivity contribution >= 4 is 23.2 Å². The van der Waals surface area contributed by atoms with Crippen LogP contribution in [-0.4, -0.2) is 37.5 Å². The van der Waals surface area contributed by atoms with Gasteiger partial charge in [0, 0.05) is 29.7 Å². The number of thiophene rings is 1. The quantitative estimate of drug-likeness (QED) is 0.687. The molecule has 2 fully saturated rings. The summed E-state index contributed by atoms with van der Waals surface area (Å²) in [7, 11) is 0. The monoisotopic (exact) mass is 322 g/mol. The lowest BCUT2D eigenvalue weighted by atomic mass is 10.0. The van der Waals surface area contributed by atoms with E-state index in [0.717, 1.165) is 38.8 Å². The predicted octanol–water partition coefficient (Wildman–Crippen LogP) is -0.0622. The normalized spacial score (nSPS) is 24.7. The molecule has 2 amide bonds. The lowest BCUT2D eigenvalue weighted by Gasteiger charge is -2.29. The van der Waals surface area contributed by atoms with Gasteiger partial charge < -0.3 is 15.5 Å². The molecule has 0 radical (unpaired) electrons. The third-order valence-corrected chi connectivity index (χ3v) is 5.31. The Morgan fingerprint density at radius 2 is 2.00 bits per heavy atom. The smallest absolute Gasteiger partial charge is 0.275 e. The van der Waals surface area contributed by atoms with E-state index >= 15 is 0 Å².